The van der Waals surface area contributed by atoms with Crippen LogP contribution in [0.1, 0.15) is 56.6 Å². The summed E-state index contributed by atoms with van der Waals surface area (Å²) in [6.07, 6.45) is 0.380. The van der Waals surface area contributed by atoms with E-state index >= 15 is 0 Å². The lowest BCUT2D eigenvalue weighted by Crippen LogP contribution is -2.55. The van der Waals surface area contributed by atoms with Crippen molar-refractivity contribution in [2.24, 2.45) is 5.92 Å². The number of ether oxygens (including phenoxy) is 2. The first-order valence-electron chi connectivity index (χ1n) is 17.0. The van der Waals surface area contributed by atoms with Crippen molar-refractivity contribution in [1.82, 2.24) is 31.0 Å². The van der Waals surface area contributed by atoms with Gasteiger partial charge in [-0.2, -0.15) is 0 Å². The number of nitrogens with zero attached hydrogens (tertiary/aromatic N) is 3. The molecule has 0 radical (unpaired) electrons. The number of urea groups is 1. The summed E-state index contributed by atoms with van der Waals surface area (Å²) in [5.41, 5.74) is 2.97. The maximum Gasteiger partial charge on any atom is 0.407 e. The van der Waals surface area contributed by atoms with Gasteiger partial charge in [0, 0.05) is 24.5 Å². The second-order valence-electron chi connectivity index (χ2n) is 13.0. The van der Waals surface area contributed by atoms with Crippen LogP contribution in [0.25, 0.3) is 0 Å². The number of amides is 4. The highest BCUT2D eigenvalue weighted by Crippen LogP contribution is 2.20. The summed E-state index contributed by atoms with van der Waals surface area (Å²) in [5.74, 6) is -0.636. The molecule has 2 heterocycles. The lowest BCUT2D eigenvalue weighted by molar-refractivity contribution is -0.124. The molecule has 2 aromatic heterocycles. The number of hydrogen-bond acceptors (Lipinski definition) is 10. The molecule has 4 rings (SSSR count). The SMILES string of the molecule is CC(C)Oc1nc(CN(C)C(=O)N[C@H](C(=O)N[C@@H](Cc2ccccc2)C[C@H](O)[C@H](Cc2ccccc2)NC(=O)OCc2ccon2)C(C)C)cs1. The van der Waals surface area contributed by atoms with E-state index in [0.29, 0.717) is 29.4 Å². The Morgan fingerprint density at radius 1 is 0.902 bits per heavy atom. The van der Waals surface area contributed by atoms with Crippen molar-refractivity contribution in [3.63, 3.8) is 0 Å². The molecule has 51 heavy (non-hydrogen) atoms. The van der Waals surface area contributed by atoms with Gasteiger partial charge in [-0.25, -0.2) is 14.6 Å². The monoisotopic (exact) mass is 720 g/mol. The molecule has 4 N–H and O–H groups in total. The number of alkyl carbamates (subject to hydrolysis) is 1. The maximum absolute atomic E-state index is 13.9. The second-order valence-corrected chi connectivity index (χ2v) is 13.8. The molecule has 0 saturated heterocycles. The minimum absolute atomic E-state index is 0.0134. The predicted octanol–water partition coefficient (Wildman–Crippen LogP) is 5.10. The van der Waals surface area contributed by atoms with Crippen LogP contribution in [-0.2, 0) is 35.5 Å². The fraction of sp³-hybridized carbons (Fsp3) is 0.432. The first-order chi connectivity index (χ1) is 24.5. The van der Waals surface area contributed by atoms with Crippen LogP contribution in [0.3, 0.4) is 0 Å². The zero-order valence-corrected chi connectivity index (χ0v) is 30.5. The largest absolute Gasteiger partial charge is 0.467 e. The number of aromatic nitrogens is 2. The Morgan fingerprint density at radius 3 is 2.18 bits per heavy atom. The highest BCUT2D eigenvalue weighted by Gasteiger charge is 2.31. The van der Waals surface area contributed by atoms with E-state index in [1.807, 2.05) is 93.7 Å². The van der Waals surface area contributed by atoms with E-state index in [2.05, 4.69) is 26.1 Å². The second kappa shape index (κ2) is 19.4. The zero-order chi connectivity index (χ0) is 36.8. The Morgan fingerprint density at radius 2 is 1.57 bits per heavy atom. The molecular weight excluding hydrogens is 673 g/mol. The molecule has 0 aliphatic rings. The van der Waals surface area contributed by atoms with E-state index in [9.17, 15) is 19.5 Å². The Hall–Kier alpha value is -4.95. The molecule has 0 fully saturated rings. The average molecular weight is 721 g/mol. The van der Waals surface area contributed by atoms with Gasteiger partial charge in [0.25, 0.3) is 5.19 Å². The van der Waals surface area contributed by atoms with Gasteiger partial charge in [-0.1, -0.05) is 91.0 Å². The van der Waals surface area contributed by atoms with E-state index in [-0.39, 0.29) is 37.5 Å². The molecule has 4 atom stereocenters. The molecule has 0 bridgehead atoms. The average Bonchev–Trinajstić information content (AvgIpc) is 3.78. The van der Waals surface area contributed by atoms with E-state index in [1.165, 1.54) is 22.5 Å². The molecule has 0 unspecified atom stereocenters. The van der Waals surface area contributed by atoms with E-state index < -0.39 is 36.4 Å². The molecule has 0 aliphatic carbocycles. The van der Waals surface area contributed by atoms with Gasteiger partial charge in [0.1, 0.15) is 24.6 Å². The molecule has 4 aromatic rings. The molecule has 4 amide bonds. The number of carbonyl (C=O) groups excluding carboxylic acids is 3. The lowest BCUT2D eigenvalue weighted by atomic mass is 9.93. The fourth-order valence-corrected chi connectivity index (χ4v) is 6.13. The number of aliphatic hydroxyl groups excluding tert-OH is 1. The third-order valence-electron chi connectivity index (χ3n) is 7.95. The van der Waals surface area contributed by atoms with Crippen molar-refractivity contribution >= 4 is 29.4 Å². The Balaban J connectivity index is 1.45. The predicted molar refractivity (Wildman–Crippen MR) is 193 cm³/mol. The smallest absolute Gasteiger partial charge is 0.407 e. The van der Waals surface area contributed by atoms with Crippen molar-refractivity contribution < 1.29 is 33.5 Å². The van der Waals surface area contributed by atoms with E-state index in [1.54, 1.807) is 13.1 Å². The fourth-order valence-electron chi connectivity index (χ4n) is 5.34. The van der Waals surface area contributed by atoms with Gasteiger partial charge in [-0.15, -0.1) is 0 Å². The summed E-state index contributed by atoms with van der Waals surface area (Å²) < 4.78 is 15.8. The third-order valence-corrected chi connectivity index (χ3v) is 8.73. The number of nitrogens with one attached hydrogen (secondary N) is 3. The van der Waals surface area contributed by atoms with Crippen LogP contribution in [0.4, 0.5) is 9.59 Å². The highest BCUT2D eigenvalue weighted by molar-refractivity contribution is 7.11. The number of thiazole rings is 1. The zero-order valence-electron chi connectivity index (χ0n) is 29.7. The summed E-state index contributed by atoms with van der Waals surface area (Å²) in [5, 5.41) is 26.5. The number of benzene rings is 2. The van der Waals surface area contributed by atoms with Crippen LogP contribution in [0, 0.1) is 5.92 Å². The first-order valence-corrected chi connectivity index (χ1v) is 17.9. The lowest BCUT2D eigenvalue weighted by Gasteiger charge is -2.30. The first kappa shape index (κ1) is 38.8. The van der Waals surface area contributed by atoms with Crippen molar-refractivity contribution in [3.05, 3.63) is 101 Å². The van der Waals surface area contributed by atoms with Crippen LogP contribution in [-0.4, -0.2) is 75.6 Å². The minimum Gasteiger partial charge on any atom is -0.467 e. The van der Waals surface area contributed by atoms with Crippen LogP contribution in [0.5, 0.6) is 5.19 Å². The van der Waals surface area contributed by atoms with Crippen LogP contribution in [0.15, 0.2) is 82.9 Å². The van der Waals surface area contributed by atoms with Gasteiger partial charge >= 0.3 is 12.1 Å². The quantitative estimate of drug-likeness (QED) is 0.109. The molecule has 13 nitrogen and oxygen atoms in total. The maximum atomic E-state index is 13.9. The van der Waals surface area contributed by atoms with Crippen molar-refractivity contribution in [3.8, 4) is 5.19 Å². The van der Waals surface area contributed by atoms with Gasteiger partial charge in [-0.05, 0) is 50.2 Å². The standard InChI is InChI=1S/C37H48N6O7S/c1-24(2)33(41-35(46)43(5)21-30-23-51-37(39-30)50-25(3)4)34(45)38-29(18-26-12-8-6-9-13-26)20-32(44)31(19-27-14-10-7-11-15-27)40-36(47)48-22-28-16-17-49-42-28/h6-17,23-25,29,31-33,44H,18-22H2,1-5H3,(H,38,45)(H,40,47)(H,41,46)/t29-,31-,32-,33-/m0/s1. The molecule has 14 heteroatoms. The van der Waals surface area contributed by atoms with Gasteiger partial charge in [0.15, 0.2) is 0 Å². The van der Waals surface area contributed by atoms with E-state index in [4.69, 9.17) is 14.0 Å². The summed E-state index contributed by atoms with van der Waals surface area (Å²) in [6, 6.07) is 18.1. The molecular formula is C37H48N6O7S. The molecule has 2 aromatic carbocycles. The molecule has 0 saturated carbocycles. The van der Waals surface area contributed by atoms with Gasteiger partial charge < -0.3 is 40.0 Å². The molecule has 0 aliphatic heterocycles. The Kier molecular flexibility index (Phi) is 14.8. The number of aliphatic hydroxyl groups is 1. The number of rotatable bonds is 18. The highest BCUT2D eigenvalue weighted by atomic mass is 32.1. The number of carbonyl (C=O) groups is 3. The Bertz CT molecular complexity index is 1640. The van der Waals surface area contributed by atoms with Gasteiger partial charge in [0.2, 0.25) is 5.91 Å². The van der Waals surface area contributed by atoms with Crippen LogP contribution >= 0.6 is 11.3 Å². The van der Waals surface area contributed by atoms with Crippen molar-refractivity contribution in [2.75, 3.05) is 7.05 Å². The van der Waals surface area contributed by atoms with Crippen LogP contribution in [0.2, 0.25) is 0 Å². The normalized spacial score (nSPS) is 13.6. The summed E-state index contributed by atoms with van der Waals surface area (Å²) in [7, 11) is 1.64. The van der Waals surface area contributed by atoms with E-state index in [0.717, 1.165) is 11.1 Å². The van der Waals surface area contributed by atoms with Gasteiger partial charge in [-0.3, -0.25) is 4.79 Å². The number of hydrogen-bond donors (Lipinski definition) is 4. The van der Waals surface area contributed by atoms with Crippen LogP contribution < -0.4 is 20.7 Å². The molecule has 0 spiro atoms. The summed E-state index contributed by atoms with van der Waals surface area (Å²) in [6.45, 7) is 7.68. The van der Waals surface area contributed by atoms with Crippen molar-refractivity contribution in [2.45, 2.75) is 90.4 Å². The van der Waals surface area contributed by atoms with Gasteiger partial charge in [0.05, 0.1) is 30.5 Å². The summed E-state index contributed by atoms with van der Waals surface area (Å²) >= 11 is 1.36. The Labute approximate surface area is 302 Å². The minimum atomic E-state index is -1.08. The third kappa shape index (κ3) is 13.0. The summed E-state index contributed by atoms with van der Waals surface area (Å²) in [4.78, 5) is 45.9. The van der Waals surface area contributed by atoms with Crippen molar-refractivity contribution in [1.29, 1.82) is 0 Å². The topological polar surface area (TPSA) is 168 Å². The molecule has 274 valence electrons.